The first-order chi connectivity index (χ1) is 10.1. The number of carbonyl (C=O) groups is 3. The summed E-state index contributed by atoms with van der Waals surface area (Å²) >= 11 is 0. The van der Waals surface area contributed by atoms with Crippen LogP contribution < -0.4 is 10.6 Å². The minimum atomic E-state index is -1.05. The lowest BCUT2D eigenvalue weighted by Crippen LogP contribution is -2.43. The van der Waals surface area contributed by atoms with E-state index in [9.17, 15) is 14.4 Å². The summed E-state index contributed by atoms with van der Waals surface area (Å²) in [6.45, 7) is 2.46. The van der Waals surface area contributed by atoms with Crippen molar-refractivity contribution < 1.29 is 29.0 Å². The molecule has 120 valence electrons. The molecule has 0 aromatic carbocycles. The van der Waals surface area contributed by atoms with E-state index in [1.165, 1.54) is 0 Å². The van der Waals surface area contributed by atoms with Crippen LogP contribution in [0.15, 0.2) is 0 Å². The molecular formula is C12H21N3O6. The second-order valence-corrected chi connectivity index (χ2v) is 4.37. The normalized spacial score (nSPS) is 14.6. The quantitative estimate of drug-likeness (QED) is 0.477. The van der Waals surface area contributed by atoms with E-state index in [4.69, 9.17) is 14.6 Å². The maximum Gasteiger partial charge on any atom is 0.329 e. The molecule has 1 aliphatic rings. The van der Waals surface area contributed by atoms with Crippen molar-refractivity contribution in [3.63, 3.8) is 0 Å². The predicted molar refractivity (Wildman–Crippen MR) is 71.9 cm³/mol. The molecule has 0 atom stereocenters. The largest absolute Gasteiger partial charge is 0.480 e. The van der Waals surface area contributed by atoms with Gasteiger partial charge >= 0.3 is 12.0 Å². The number of hydrogen-bond acceptors (Lipinski definition) is 5. The Morgan fingerprint density at radius 2 is 1.81 bits per heavy atom. The molecule has 9 nitrogen and oxygen atoms in total. The number of carbonyl (C=O) groups excluding carboxylic acids is 2. The molecule has 1 rings (SSSR count). The predicted octanol–water partition coefficient (Wildman–Crippen LogP) is -1.36. The van der Waals surface area contributed by atoms with Crippen molar-refractivity contribution in [2.24, 2.45) is 0 Å². The van der Waals surface area contributed by atoms with Crippen molar-refractivity contribution in [3.05, 3.63) is 0 Å². The molecule has 0 unspecified atom stereocenters. The zero-order valence-corrected chi connectivity index (χ0v) is 11.8. The lowest BCUT2D eigenvalue weighted by molar-refractivity contribution is -0.142. The molecule has 3 N–H and O–H groups in total. The second-order valence-electron chi connectivity index (χ2n) is 4.37. The second kappa shape index (κ2) is 9.94. The lowest BCUT2D eigenvalue weighted by atomic mass is 10.3. The standard InChI is InChI=1S/C12H21N3O6/c16-10(15-4-7-20-8-5-15)1-2-13-12(19)14-3-6-21-9-11(17)18/h1-9H2,(H,17,18)(H2,13,14,19). The first kappa shape index (κ1) is 17.2. The molecule has 1 heterocycles. The summed E-state index contributed by atoms with van der Waals surface area (Å²) in [6.07, 6.45) is 0.239. The Kier molecular flexibility index (Phi) is 8.14. The number of urea groups is 1. The first-order valence-corrected chi connectivity index (χ1v) is 6.76. The third kappa shape index (κ3) is 8.10. The topological polar surface area (TPSA) is 117 Å². The third-order valence-corrected chi connectivity index (χ3v) is 2.75. The summed E-state index contributed by atoms with van der Waals surface area (Å²) in [7, 11) is 0. The van der Waals surface area contributed by atoms with Crippen LogP contribution in [0.4, 0.5) is 4.79 Å². The van der Waals surface area contributed by atoms with E-state index in [1.54, 1.807) is 4.90 Å². The molecule has 0 spiro atoms. The molecule has 3 amide bonds. The Morgan fingerprint density at radius 3 is 2.48 bits per heavy atom. The van der Waals surface area contributed by atoms with Gasteiger partial charge in [-0.2, -0.15) is 0 Å². The van der Waals surface area contributed by atoms with Gasteiger partial charge in [-0.05, 0) is 0 Å². The van der Waals surface area contributed by atoms with Crippen LogP contribution >= 0.6 is 0 Å². The highest BCUT2D eigenvalue weighted by atomic mass is 16.5. The van der Waals surface area contributed by atoms with Gasteiger partial charge in [0.05, 0.1) is 19.8 Å². The number of rotatable bonds is 8. The fraction of sp³-hybridized carbons (Fsp3) is 0.750. The van der Waals surface area contributed by atoms with Gasteiger partial charge in [0.1, 0.15) is 6.61 Å². The van der Waals surface area contributed by atoms with Gasteiger partial charge in [0.25, 0.3) is 0 Å². The maximum atomic E-state index is 11.8. The lowest BCUT2D eigenvalue weighted by Gasteiger charge is -2.26. The van der Waals surface area contributed by atoms with Gasteiger partial charge in [0, 0.05) is 32.6 Å². The molecule has 21 heavy (non-hydrogen) atoms. The van der Waals surface area contributed by atoms with Gasteiger partial charge in [-0.25, -0.2) is 9.59 Å². The van der Waals surface area contributed by atoms with Crippen molar-refractivity contribution in [1.29, 1.82) is 0 Å². The zero-order chi connectivity index (χ0) is 15.5. The highest BCUT2D eigenvalue weighted by molar-refractivity contribution is 5.78. The summed E-state index contributed by atoms with van der Waals surface area (Å²) in [4.78, 5) is 35.0. The van der Waals surface area contributed by atoms with Gasteiger partial charge in [0.15, 0.2) is 0 Å². The third-order valence-electron chi connectivity index (χ3n) is 2.75. The van der Waals surface area contributed by atoms with Crippen molar-refractivity contribution in [3.8, 4) is 0 Å². The highest BCUT2D eigenvalue weighted by Gasteiger charge is 2.16. The molecule has 0 bridgehead atoms. The molecule has 0 aliphatic carbocycles. The van der Waals surface area contributed by atoms with Gasteiger partial charge in [-0.15, -0.1) is 0 Å². The van der Waals surface area contributed by atoms with Gasteiger partial charge in [0.2, 0.25) is 5.91 Å². The van der Waals surface area contributed by atoms with Crippen LogP contribution in [0.1, 0.15) is 6.42 Å². The average molecular weight is 303 g/mol. The monoisotopic (exact) mass is 303 g/mol. The van der Waals surface area contributed by atoms with E-state index in [1.807, 2.05) is 0 Å². The van der Waals surface area contributed by atoms with E-state index in [-0.39, 0.29) is 32.0 Å². The summed E-state index contributed by atoms with van der Waals surface area (Å²) in [6, 6.07) is -0.413. The molecule has 0 aromatic heterocycles. The molecule has 1 fully saturated rings. The zero-order valence-electron chi connectivity index (χ0n) is 11.8. The Bertz CT molecular complexity index is 357. The fourth-order valence-corrected chi connectivity index (χ4v) is 1.71. The molecule has 1 aliphatic heterocycles. The molecule has 9 heteroatoms. The van der Waals surface area contributed by atoms with Crippen LogP contribution in [-0.4, -0.2) is 80.5 Å². The SMILES string of the molecule is O=C(O)COCCNC(=O)NCCC(=O)N1CCOCC1. The van der Waals surface area contributed by atoms with E-state index < -0.39 is 18.6 Å². The van der Waals surface area contributed by atoms with Gasteiger partial charge in [-0.1, -0.05) is 0 Å². The van der Waals surface area contributed by atoms with Crippen LogP contribution in [0.2, 0.25) is 0 Å². The Labute approximate surface area is 122 Å². The van der Waals surface area contributed by atoms with Crippen molar-refractivity contribution in [2.45, 2.75) is 6.42 Å². The van der Waals surface area contributed by atoms with Crippen LogP contribution in [-0.2, 0) is 19.1 Å². The number of amides is 3. The minimum Gasteiger partial charge on any atom is -0.480 e. The molecule has 0 saturated carbocycles. The van der Waals surface area contributed by atoms with E-state index in [0.29, 0.717) is 26.3 Å². The molecule has 0 radical (unpaired) electrons. The highest BCUT2D eigenvalue weighted by Crippen LogP contribution is 1.99. The number of morpholine rings is 1. The minimum absolute atomic E-state index is 0.0107. The first-order valence-electron chi connectivity index (χ1n) is 6.76. The van der Waals surface area contributed by atoms with E-state index in [0.717, 1.165) is 0 Å². The number of ether oxygens (including phenoxy) is 2. The number of hydrogen-bond donors (Lipinski definition) is 3. The summed E-state index contributed by atoms with van der Waals surface area (Å²) in [5.74, 6) is -1.07. The molecule has 0 aromatic rings. The summed E-state index contributed by atoms with van der Waals surface area (Å²) < 4.78 is 9.90. The van der Waals surface area contributed by atoms with Gasteiger partial charge in [-0.3, -0.25) is 4.79 Å². The van der Waals surface area contributed by atoms with Crippen LogP contribution in [0.25, 0.3) is 0 Å². The van der Waals surface area contributed by atoms with Crippen molar-refractivity contribution >= 4 is 17.9 Å². The van der Waals surface area contributed by atoms with Gasteiger partial charge < -0.3 is 30.1 Å². The molecule has 1 saturated heterocycles. The van der Waals surface area contributed by atoms with Crippen LogP contribution in [0, 0.1) is 0 Å². The Hall–Kier alpha value is -1.87. The van der Waals surface area contributed by atoms with E-state index in [2.05, 4.69) is 10.6 Å². The van der Waals surface area contributed by atoms with Crippen LogP contribution in [0.5, 0.6) is 0 Å². The number of nitrogens with one attached hydrogen (secondary N) is 2. The Morgan fingerprint density at radius 1 is 1.14 bits per heavy atom. The van der Waals surface area contributed by atoms with Crippen molar-refractivity contribution in [2.75, 3.05) is 52.6 Å². The number of aliphatic carboxylic acids is 1. The number of carboxylic acids is 1. The maximum absolute atomic E-state index is 11.8. The summed E-state index contributed by atoms with van der Waals surface area (Å²) in [5, 5.41) is 13.4. The molecular weight excluding hydrogens is 282 g/mol. The van der Waals surface area contributed by atoms with E-state index >= 15 is 0 Å². The number of nitrogens with zero attached hydrogens (tertiary/aromatic N) is 1. The smallest absolute Gasteiger partial charge is 0.329 e. The fourth-order valence-electron chi connectivity index (χ4n) is 1.71. The Balaban J connectivity index is 1.99. The summed E-state index contributed by atoms with van der Waals surface area (Å²) in [5.41, 5.74) is 0. The van der Waals surface area contributed by atoms with Crippen molar-refractivity contribution in [1.82, 2.24) is 15.5 Å². The van der Waals surface area contributed by atoms with Crippen LogP contribution in [0.3, 0.4) is 0 Å². The number of carboxylic acid groups (broad SMARTS) is 1. The average Bonchev–Trinajstić information content (AvgIpc) is 2.47.